The van der Waals surface area contributed by atoms with Crippen LogP contribution in [0.25, 0.3) is 10.8 Å². The molecular weight excluding hydrogens is 414 g/mol. The van der Waals surface area contributed by atoms with E-state index in [-0.39, 0.29) is 25.0 Å². The summed E-state index contributed by atoms with van der Waals surface area (Å²) in [5.41, 5.74) is 0.945. The summed E-state index contributed by atoms with van der Waals surface area (Å²) in [5, 5.41) is 16.5. The number of nitrogens with zero attached hydrogens (tertiary/aromatic N) is 1. The van der Waals surface area contributed by atoms with Crippen molar-refractivity contribution in [2.24, 2.45) is 17.8 Å². The molecule has 1 fully saturated rings. The lowest BCUT2D eigenvalue weighted by Crippen LogP contribution is -2.49. The Morgan fingerprint density at radius 2 is 1.91 bits per heavy atom. The number of alkyl carbamates (subject to hydrolysis) is 1. The van der Waals surface area contributed by atoms with Crippen molar-refractivity contribution >= 4 is 22.8 Å². The Bertz CT molecular complexity index is 998. The van der Waals surface area contributed by atoms with Crippen LogP contribution in [0, 0.1) is 29.1 Å². The van der Waals surface area contributed by atoms with E-state index in [1.807, 2.05) is 48.5 Å². The van der Waals surface area contributed by atoms with Gasteiger partial charge in [0.25, 0.3) is 0 Å². The second-order valence-corrected chi connectivity index (χ2v) is 9.55. The summed E-state index contributed by atoms with van der Waals surface area (Å²) in [5.74, 6) is 0.960. The van der Waals surface area contributed by atoms with Crippen molar-refractivity contribution < 1.29 is 14.3 Å². The predicted octanol–water partition coefficient (Wildman–Crippen LogP) is 4.97. The van der Waals surface area contributed by atoms with Crippen molar-refractivity contribution in [3.05, 3.63) is 48.0 Å². The van der Waals surface area contributed by atoms with Crippen LogP contribution in [0.5, 0.6) is 0 Å². The van der Waals surface area contributed by atoms with E-state index in [9.17, 15) is 9.59 Å². The van der Waals surface area contributed by atoms with Gasteiger partial charge in [0.2, 0.25) is 5.91 Å². The summed E-state index contributed by atoms with van der Waals surface area (Å²) < 4.78 is 5.87. The Morgan fingerprint density at radius 1 is 1.15 bits per heavy atom. The van der Waals surface area contributed by atoms with Gasteiger partial charge in [-0.15, -0.1) is 0 Å². The predicted molar refractivity (Wildman–Crippen MR) is 129 cm³/mol. The quantitative estimate of drug-likeness (QED) is 0.557. The van der Waals surface area contributed by atoms with Crippen LogP contribution < -0.4 is 10.6 Å². The third-order valence-corrected chi connectivity index (χ3v) is 6.62. The van der Waals surface area contributed by atoms with Gasteiger partial charge in [-0.1, -0.05) is 69.7 Å². The van der Waals surface area contributed by atoms with Crippen LogP contribution in [-0.2, 0) is 16.0 Å². The van der Waals surface area contributed by atoms with E-state index >= 15 is 0 Å². The Labute approximate surface area is 196 Å². The maximum absolute atomic E-state index is 12.9. The van der Waals surface area contributed by atoms with E-state index in [0.717, 1.165) is 35.6 Å². The fourth-order valence-corrected chi connectivity index (χ4v) is 4.74. The van der Waals surface area contributed by atoms with Gasteiger partial charge in [-0.25, -0.2) is 4.79 Å². The van der Waals surface area contributed by atoms with Crippen LogP contribution in [0.3, 0.4) is 0 Å². The summed E-state index contributed by atoms with van der Waals surface area (Å²) in [4.78, 5) is 25.7. The van der Waals surface area contributed by atoms with E-state index in [1.54, 1.807) is 0 Å². The Balaban J connectivity index is 1.71. The molecule has 6 heteroatoms. The van der Waals surface area contributed by atoms with Crippen molar-refractivity contribution in [3.63, 3.8) is 0 Å². The zero-order valence-corrected chi connectivity index (χ0v) is 19.8. The normalized spacial score (nSPS) is 21.2. The topological polar surface area (TPSA) is 91.2 Å². The lowest BCUT2D eigenvalue weighted by molar-refractivity contribution is -0.123. The first-order chi connectivity index (χ1) is 15.9. The van der Waals surface area contributed by atoms with Gasteiger partial charge in [0.05, 0.1) is 12.5 Å². The van der Waals surface area contributed by atoms with Gasteiger partial charge < -0.3 is 15.4 Å². The van der Waals surface area contributed by atoms with E-state index in [1.165, 1.54) is 0 Å². The van der Waals surface area contributed by atoms with Crippen molar-refractivity contribution in [3.8, 4) is 6.07 Å². The average Bonchev–Trinajstić information content (AvgIpc) is 2.78. The van der Waals surface area contributed by atoms with Crippen LogP contribution in [0.1, 0.15) is 52.0 Å². The molecule has 3 rings (SSSR count). The van der Waals surface area contributed by atoms with E-state index in [2.05, 4.69) is 31.4 Å². The molecule has 0 radical (unpaired) electrons. The Hall–Kier alpha value is -3.07. The highest BCUT2D eigenvalue weighted by molar-refractivity contribution is 5.87. The lowest BCUT2D eigenvalue weighted by Gasteiger charge is -2.36. The minimum absolute atomic E-state index is 0.142. The molecule has 1 saturated carbocycles. The van der Waals surface area contributed by atoms with Gasteiger partial charge >= 0.3 is 6.09 Å². The van der Waals surface area contributed by atoms with Crippen LogP contribution >= 0.6 is 0 Å². The number of fused-ring (bicyclic) bond motifs is 1. The van der Waals surface area contributed by atoms with E-state index in [4.69, 9.17) is 10.00 Å². The first-order valence-electron chi connectivity index (χ1n) is 12.0. The van der Waals surface area contributed by atoms with Gasteiger partial charge in [0, 0.05) is 13.0 Å². The maximum Gasteiger partial charge on any atom is 0.408 e. The largest absolute Gasteiger partial charge is 0.446 e. The first-order valence-corrected chi connectivity index (χ1v) is 12.0. The summed E-state index contributed by atoms with van der Waals surface area (Å²) in [7, 11) is 0. The van der Waals surface area contributed by atoms with Gasteiger partial charge in [0.1, 0.15) is 12.1 Å². The molecule has 2 aromatic rings. The molecule has 176 valence electrons. The zero-order chi connectivity index (χ0) is 23.8. The van der Waals surface area contributed by atoms with Crippen molar-refractivity contribution in [2.75, 3.05) is 6.54 Å². The van der Waals surface area contributed by atoms with Gasteiger partial charge in [-0.3, -0.25) is 4.79 Å². The fourth-order valence-electron chi connectivity index (χ4n) is 4.74. The molecule has 4 atom stereocenters. The fraction of sp³-hybridized carbons (Fsp3) is 0.519. The number of hydrogen-bond donors (Lipinski definition) is 2. The van der Waals surface area contributed by atoms with Crippen LogP contribution in [-0.4, -0.2) is 30.7 Å². The summed E-state index contributed by atoms with van der Waals surface area (Å²) >= 11 is 0. The number of benzene rings is 2. The van der Waals surface area contributed by atoms with Crippen molar-refractivity contribution in [1.82, 2.24) is 10.6 Å². The smallest absolute Gasteiger partial charge is 0.408 e. The molecule has 4 unspecified atom stereocenters. The molecule has 0 aromatic heterocycles. The standard InChI is InChI=1S/C27H35N3O3/c1-18(2)23-12-9-19(3)15-25(23)33-27(32)30-24(26(31)29-14-6-13-28)17-20-10-11-21-7-4-5-8-22(21)16-20/h4-5,7-8,10-11,16,18-19,23-25H,6,9,12,14-15,17H2,1-3H3,(H,29,31)(H,30,32). The highest BCUT2D eigenvalue weighted by Gasteiger charge is 2.34. The average molecular weight is 450 g/mol. The van der Waals surface area contributed by atoms with Crippen molar-refractivity contribution in [1.29, 1.82) is 5.26 Å². The highest BCUT2D eigenvalue weighted by atomic mass is 16.6. The molecule has 1 aliphatic rings. The number of rotatable bonds is 8. The van der Waals surface area contributed by atoms with Crippen LogP contribution in [0.4, 0.5) is 4.79 Å². The first kappa shape index (κ1) is 24.6. The number of nitriles is 1. The van der Waals surface area contributed by atoms with Crippen LogP contribution in [0.15, 0.2) is 42.5 Å². The maximum atomic E-state index is 12.9. The molecular formula is C27H35N3O3. The minimum atomic E-state index is -0.782. The molecule has 2 aromatic carbocycles. The molecule has 0 bridgehead atoms. The summed E-state index contributed by atoms with van der Waals surface area (Å²) in [6, 6.07) is 15.3. The Morgan fingerprint density at radius 3 is 2.64 bits per heavy atom. The number of nitrogens with one attached hydrogen (secondary N) is 2. The molecule has 1 aliphatic carbocycles. The lowest BCUT2D eigenvalue weighted by atomic mass is 9.75. The van der Waals surface area contributed by atoms with Gasteiger partial charge in [0.15, 0.2) is 0 Å². The molecule has 0 spiro atoms. The zero-order valence-electron chi connectivity index (χ0n) is 19.8. The molecule has 33 heavy (non-hydrogen) atoms. The van der Waals surface area contributed by atoms with Crippen LogP contribution in [0.2, 0.25) is 0 Å². The molecule has 0 heterocycles. The summed E-state index contributed by atoms with van der Waals surface area (Å²) in [6.07, 6.45) is 2.90. The van der Waals surface area contributed by atoms with Gasteiger partial charge in [-0.2, -0.15) is 5.26 Å². The molecule has 6 nitrogen and oxygen atoms in total. The molecule has 2 amide bonds. The third kappa shape index (κ3) is 6.95. The number of amides is 2. The minimum Gasteiger partial charge on any atom is -0.446 e. The van der Waals surface area contributed by atoms with Gasteiger partial charge in [-0.05, 0) is 46.9 Å². The highest BCUT2D eigenvalue weighted by Crippen LogP contribution is 2.35. The monoisotopic (exact) mass is 449 g/mol. The van der Waals surface area contributed by atoms with E-state index < -0.39 is 12.1 Å². The second-order valence-electron chi connectivity index (χ2n) is 9.55. The third-order valence-electron chi connectivity index (χ3n) is 6.62. The SMILES string of the molecule is CC1CCC(C(C)C)C(OC(=O)NC(Cc2ccc3ccccc3c2)C(=O)NCCC#N)C1. The number of carbonyl (C=O) groups excluding carboxylic acids is 2. The molecule has 0 saturated heterocycles. The number of carbonyl (C=O) groups is 2. The molecule has 2 N–H and O–H groups in total. The summed E-state index contributed by atoms with van der Waals surface area (Å²) in [6.45, 7) is 6.77. The number of hydrogen-bond acceptors (Lipinski definition) is 4. The van der Waals surface area contributed by atoms with E-state index in [0.29, 0.717) is 24.2 Å². The molecule has 0 aliphatic heterocycles. The Kier molecular flexibility index (Phi) is 8.71. The second kappa shape index (κ2) is 11.7. The number of ether oxygens (including phenoxy) is 1. The van der Waals surface area contributed by atoms with Crippen molar-refractivity contribution in [2.45, 2.75) is 65.0 Å².